The molecule has 1 aliphatic rings. The molecular formula is C22H19N5O3. The Hall–Kier alpha value is -4.25. The van der Waals surface area contributed by atoms with Gasteiger partial charge >= 0.3 is 0 Å². The lowest BCUT2D eigenvalue weighted by Gasteiger charge is -2.30. The molecule has 150 valence electrons. The van der Waals surface area contributed by atoms with Gasteiger partial charge in [-0.05, 0) is 36.8 Å². The third-order valence-electron chi connectivity index (χ3n) is 4.94. The van der Waals surface area contributed by atoms with Crippen LogP contribution in [0.15, 0.2) is 66.0 Å². The first-order chi connectivity index (χ1) is 14.5. The number of amides is 1. The zero-order chi connectivity index (χ0) is 21.3. The smallest absolute Gasteiger partial charge is 0.255 e. The van der Waals surface area contributed by atoms with Crippen molar-refractivity contribution in [2.45, 2.75) is 13.0 Å². The van der Waals surface area contributed by atoms with Crippen LogP contribution >= 0.6 is 0 Å². The number of allylic oxidation sites excluding steroid dienone is 1. The number of anilines is 2. The van der Waals surface area contributed by atoms with E-state index in [-0.39, 0.29) is 17.4 Å². The van der Waals surface area contributed by atoms with E-state index in [2.05, 4.69) is 21.8 Å². The Morgan fingerprint density at radius 3 is 2.77 bits per heavy atom. The fourth-order valence-electron chi connectivity index (χ4n) is 3.52. The van der Waals surface area contributed by atoms with Crippen molar-refractivity contribution in [2.75, 3.05) is 17.7 Å². The second-order valence-corrected chi connectivity index (χ2v) is 6.78. The minimum Gasteiger partial charge on any atom is -0.504 e. The number of benzene rings is 2. The number of ether oxygens (including phenoxy) is 1. The van der Waals surface area contributed by atoms with Gasteiger partial charge in [0.2, 0.25) is 0 Å². The van der Waals surface area contributed by atoms with E-state index in [1.54, 1.807) is 35.9 Å². The Labute approximate surface area is 173 Å². The van der Waals surface area contributed by atoms with E-state index in [1.165, 1.54) is 19.4 Å². The molecule has 4 rings (SSSR count). The number of fused-ring (bicyclic) bond motifs is 1. The second-order valence-electron chi connectivity index (χ2n) is 6.78. The topological polar surface area (TPSA) is 112 Å². The van der Waals surface area contributed by atoms with Gasteiger partial charge in [0.15, 0.2) is 11.5 Å². The summed E-state index contributed by atoms with van der Waals surface area (Å²) in [5.41, 5.74) is 2.75. The highest BCUT2D eigenvalue weighted by atomic mass is 16.5. The first kappa shape index (κ1) is 19.1. The average Bonchev–Trinajstić information content (AvgIpc) is 3.16. The number of hydrogen-bond acceptors (Lipinski definition) is 6. The van der Waals surface area contributed by atoms with Gasteiger partial charge in [0.25, 0.3) is 5.91 Å². The molecule has 8 nitrogen and oxygen atoms in total. The number of nitrogens with zero attached hydrogens (tertiary/aromatic N) is 3. The van der Waals surface area contributed by atoms with Gasteiger partial charge in [-0.15, -0.1) is 0 Å². The molecule has 0 saturated heterocycles. The van der Waals surface area contributed by atoms with Gasteiger partial charge in [-0.2, -0.15) is 10.4 Å². The minimum atomic E-state index is -0.624. The van der Waals surface area contributed by atoms with Crippen LogP contribution in [0.5, 0.6) is 11.5 Å². The lowest BCUT2D eigenvalue weighted by Crippen LogP contribution is -2.31. The van der Waals surface area contributed by atoms with Crippen LogP contribution in [0.25, 0.3) is 0 Å². The van der Waals surface area contributed by atoms with Gasteiger partial charge in [0, 0.05) is 11.4 Å². The van der Waals surface area contributed by atoms with Crippen molar-refractivity contribution >= 4 is 17.4 Å². The molecule has 2 aromatic carbocycles. The zero-order valence-corrected chi connectivity index (χ0v) is 16.4. The number of hydrogen-bond donors (Lipinski definition) is 3. The summed E-state index contributed by atoms with van der Waals surface area (Å²) in [7, 11) is 1.46. The average molecular weight is 401 g/mol. The first-order valence-corrected chi connectivity index (χ1v) is 9.22. The molecule has 3 aromatic rings. The van der Waals surface area contributed by atoms with Crippen LogP contribution in [-0.4, -0.2) is 27.9 Å². The molecule has 0 aliphatic carbocycles. The highest BCUT2D eigenvalue weighted by Gasteiger charge is 2.34. The minimum absolute atomic E-state index is 0.00965. The van der Waals surface area contributed by atoms with Crippen LogP contribution in [0.2, 0.25) is 0 Å². The van der Waals surface area contributed by atoms with E-state index in [0.717, 1.165) is 0 Å². The Balaban J connectivity index is 1.84. The lowest BCUT2D eigenvalue weighted by molar-refractivity contribution is -0.113. The molecule has 0 unspecified atom stereocenters. The molecule has 30 heavy (non-hydrogen) atoms. The second kappa shape index (κ2) is 7.64. The Morgan fingerprint density at radius 1 is 1.30 bits per heavy atom. The van der Waals surface area contributed by atoms with Gasteiger partial charge in [-0.25, -0.2) is 4.68 Å². The summed E-state index contributed by atoms with van der Waals surface area (Å²) in [6.07, 6.45) is 1.46. The number of para-hydroxylation sites is 1. The Bertz CT molecular complexity index is 1190. The van der Waals surface area contributed by atoms with Crippen molar-refractivity contribution in [3.63, 3.8) is 0 Å². The highest BCUT2D eigenvalue weighted by molar-refractivity contribution is 6.06. The summed E-state index contributed by atoms with van der Waals surface area (Å²) >= 11 is 0. The highest BCUT2D eigenvalue weighted by Crippen LogP contribution is 2.40. The summed E-state index contributed by atoms with van der Waals surface area (Å²) in [5, 5.41) is 29.8. The quantitative estimate of drug-likeness (QED) is 0.618. The van der Waals surface area contributed by atoms with E-state index in [0.29, 0.717) is 33.9 Å². The predicted molar refractivity (Wildman–Crippen MR) is 111 cm³/mol. The van der Waals surface area contributed by atoms with E-state index in [9.17, 15) is 15.2 Å². The summed E-state index contributed by atoms with van der Waals surface area (Å²) in [6, 6.07) is 15.5. The fourth-order valence-corrected chi connectivity index (χ4v) is 3.52. The van der Waals surface area contributed by atoms with Crippen LogP contribution < -0.4 is 15.4 Å². The van der Waals surface area contributed by atoms with Crippen LogP contribution in [-0.2, 0) is 4.79 Å². The van der Waals surface area contributed by atoms with E-state index < -0.39 is 6.04 Å². The molecule has 1 aromatic heterocycles. The van der Waals surface area contributed by atoms with Gasteiger partial charge in [0.1, 0.15) is 23.5 Å². The maximum Gasteiger partial charge on any atom is 0.255 e. The molecule has 0 saturated carbocycles. The Kier molecular flexibility index (Phi) is 4.86. The summed E-state index contributed by atoms with van der Waals surface area (Å²) < 4.78 is 6.84. The maximum atomic E-state index is 13.3. The number of nitriles is 1. The largest absolute Gasteiger partial charge is 0.504 e. The fraction of sp³-hybridized carbons (Fsp3) is 0.136. The number of nitrogens with one attached hydrogen (secondary N) is 2. The zero-order valence-electron chi connectivity index (χ0n) is 16.4. The molecular weight excluding hydrogens is 382 g/mol. The third kappa shape index (κ3) is 3.22. The number of rotatable bonds is 4. The number of methoxy groups -OCH3 is 1. The van der Waals surface area contributed by atoms with Gasteiger partial charge in [-0.1, -0.05) is 24.3 Å². The molecule has 0 fully saturated rings. The number of phenols is 1. The Morgan fingerprint density at radius 2 is 2.07 bits per heavy atom. The molecule has 0 bridgehead atoms. The normalized spacial score (nSPS) is 15.0. The predicted octanol–water partition coefficient (Wildman–Crippen LogP) is 3.40. The standard InChI is InChI=1S/C22H19N5O3/c1-13-19(22(29)26-16-6-4-3-5-7-16)20(14-8-9-17(28)18(10-14)30-2)27-21(25-13)15(11-23)12-24-27/h3-10,12,20,25,28H,1-2H3,(H,26,29)/t20-/m1/s1. The number of carbonyl (C=O) groups is 1. The number of carbonyl (C=O) groups excluding carboxylic acids is 1. The van der Waals surface area contributed by atoms with Crippen molar-refractivity contribution in [3.8, 4) is 17.6 Å². The van der Waals surface area contributed by atoms with Crippen molar-refractivity contribution in [1.29, 1.82) is 5.26 Å². The van der Waals surface area contributed by atoms with E-state index in [1.807, 2.05) is 18.2 Å². The number of aromatic nitrogens is 2. The summed E-state index contributed by atoms with van der Waals surface area (Å²) in [5.74, 6) is 0.469. The van der Waals surface area contributed by atoms with Crippen molar-refractivity contribution < 1.29 is 14.6 Å². The van der Waals surface area contributed by atoms with E-state index >= 15 is 0 Å². The van der Waals surface area contributed by atoms with Crippen molar-refractivity contribution in [1.82, 2.24) is 9.78 Å². The summed E-state index contributed by atoms with van der Waals surface area (Å²) in [4.78, 5) is 13.3. The first-order valence-electron chi connectivity index (χ1n) is 9.22. The van der Waals surface area contributed by atoms with Crippen LogP contribution in [0.1, 0.15) is 24.1 Å². The molecule has 2 heterocycles. The number of aromatic hydroxyl groups is 1. The van der Waals surface area contributed by atoms with Crippen LogP contribution in [0, 0.1) is 11.3 Å². The monoisotopic (exact) mass is 401 g/mol. The molecule has 0 radical (unpaired) electrons. The molecule has 3 N–H and O–H groups in total. The number of phenolic OH excluding ortho intramolecular Hbond substituents is 1. The lowest BCUT2D eigenvalue weighted by atomic mass is 9.94. The molecule has 8 heteroatoms. The molecule has 1 atom stereocenters. The summed E-state index contributed by atoms with van der Waals surface area (Å²) in [6.45, 7) is 1.78. The SMILES string of the molecule is COc1cc([C@@H]2C(C(=O)Nc3ccccc3)=C(C)Nc3c(C#N)cnn32)ccc1O. The van der Waals surface area contributed by atoms with Gasteiger partial charge < -0.3 is 20.5 Å². The van der Waals surface area contributed by atoms with Gasteiger partial charge in [-0.3, -0.25) is 4.79 Å². The maximum absolute atomic E-state index is 13.3. The van der Waals surface area contributed by atoms with E-state index in [4.69, 9.17) is 4.74 Å². The molecule has 0 spiro atoms. The van der Waals surface area contributed by atoms with Crippen LogP contribution in [0.4, 0.5) is 11.5 Å². The van der Waals surface area contributed by atoms with Crippen LogP contribution in [0.3, 0.4) is 0 Å². The van der Waals surface area contributed by atoms with Crippen molar-refractivity contribution in [2.24, 2.45) is 0 Å². The van der Waals surface area contributed by atoms with Gasteiger partial charge in [0.05, 0.1) is 18.9 Å². The molecule has 1 aliphatic heterocycles. The molecule has 1 amide bonds. The third-order valence-corrected chi connectivity index (χ3v) is 4.94. The van der Waals surface area contributed by atoms with Crippen molar-refractivity contribution in [3.05, 3.63) is 77.1 Å².